The lowest BCUT2D eigenvalue weighted by molar-refractivity contribution is -0.121. The van der Waals surface area contributed by atoms with E-state index >= 15 is 0 Å². The number of halogens is 3. The topological polar surface area (TPSA) is 41.1 Å². The summed E-state index contributed by atoms with van der Waals surface area (Å²) in [7, 11) is 0. The zero-order valence-corrected chi connectivity index (χ0v) is 14.0. The van der Waals surface area contributed by atoms with Gasteiger partial charge in [-0.2, -0.15) is 0 Å². The Kier molecular flexibility index (Phi) is 6.37. The number of benzene rings is 2. The molecule has 0 aliphatic heterocycles. The highest BCUT2D eigenvalue weighted by molar-refractivity contribution is 6.35. The molecule has 0 bridgehead atoms. The molecule has 0 aromatic heterocycles. The maximum Gasteiger partial charge on any atom is 0.222 e. The van der Waals surface area contributed by atoms with Crippen LogP contribution in [0, 0.1) is 0 Å². The molecule has 1 amide bonds. The smallest absolute Gasteiger partial charge is 0.222 e. The molecule has 2 aromatic carbocycles. The average molecular weight is 358 g/mol. The van der Waals surface area contributed by atoms with Crippen LogP contribution in [-0.4, -0.2) is 12.5 Å². The predicted molar refractivity (Wildman–Crippen MR) is 92.9 cm³/mol. The minimum absolute atomic E-state index is 0.0319. The van der Waals surface area contributed by atoms with E-state index in [0.29, 0.717) is 34.6 Å². The van der Waals surface area contributed by atoms with Crippen molar-refractivity contribution in [3.05, 3.63) is 63.1 Å². The average Bonchev–Trinajstić information content (AvgIpc) is 2.46. The van der Waals surface area contributed by atoms with Gasteiger partial charge in [0.05, 0.1) is 0 Å². The summed E-state index contributed by atoms with van der Waals surface area (Å²) in [6, 6.07) is 12.6. The van der Waals surface area contributed by atoms with Crippen molar-refractivity contribution in [3.63, 3.8) is 0 Å². The number of anilines is 1. The number of carbonyl (C=O) groups is 1. The fourth-order valence-corrected chi connectivity index (χ4v) is 2.52. The summed E-state index contributed by atoms with van der Waals surface area (Å²) in [5, 5.41) is 7.76. The summed E-state index contributed by atoms with van der Waals surface area (Å²) in [6.45, 7) is 0.988. The summed E-state index contributed by atoms with van der Waals surface area (Å²) in [6.07, 6.45) is 0.359. The molecule has 2 aromatic rings. The first-order valence-corrected chi connectivity index (χ1v) is 7.87. The van der Waals surface area contributed by atoms with Gasteiger partial charge in [-0.05, 0) is 35.9 Å². The first-order valence-electron chi connectivity index (χ1n) is 6.74. The zero-order chi connectivity index (χ0) is 15.9. The van der Waals surface area contributed by atoms with E-state index < -0.39 is 0 Å². The maximum absolute atomic E-state index is 11.8. The van der Waals surface area contributed by atoms with E-state index in [1.54, 1.807) is 30.3 Å². The molecule has 0 fully saturated rings. The number of amides is 1. The lowest BCUT2D eigenvalue weighted by atomic mass is 10.2. The second kappa shape index (κ2) is 8.28. The SMILES string of the molecule is O=C(CCNc1cc(Cl)cc(Cl)c1)NCc1ccc(Cl)cc1. The number of nitrogens with one attached hydrogen (secondary N) is 2. The molecule has 0 aliphatic carbocycles. The van der Waals surface area contributed by atoms with Gasteiger partial charge in [0, 0.05) is 40.3 Å². The maximum atomic E-state index is 11.8. The predicted octanol–water partition coefficient (Wildman–Crippen LogP) is 4.77. The molecule has 0 aliphatic rings. The van der Waals surface area contributed by atoms with Crippen molar-refractivity contribution in [2.75, 3.05) is 11.9 Å². The molecule has 22 heavy (non-hydrogen) atoms. The fraction of sp³-hybridized carbons (Fsp3) is 0.188. The van der Waals surface area contributed by atoms with Crippen LogP contribution in [0.1, 0.15) is 12.0 Å². The van der Waals surface area contributed by atoms with Gasteiger partial charge in [-0.3, -0.25) is 4.79 Å². The van der Waals surface area contributed by atoms with Gasteiger partial charge in [0.25, 0.3) is 0 Å². The van der Waals surface area contributed by atoms with Crippen molar-refractivity contribution < 1.29 is 4.79 Å². The van der Waals surface area contributed by atoms with Crippen LogP contribution < -0.4 is 10.6 Å². The molecule has 3 nitrogen and oxygen atoms in total. The lowest BCUT2D eigenvalue weighted by Gasteiger charge is -2.08. The quantitative estimate of drug-likeness (QED) is 0.782. The van der Waals surface area contributed by atoms with Gasteiger partial charge >= 0.3 is 0 Å². The summed E-state index contributed by atoms with van der Waals surface area (Å²) < 4.78 is 0. The van der Waals surface area contributed by atoms with Gasteiger partial charge in [-0.25, -0.2) is 0 Å². The normalized spacial score (nSPS) is 10.3. The summed E-state index contributed by atoms with van der Waals surface area (Å²) in [4.78, 5) is 11.8. The molecule has 0 saturated carbocycles. The van der Waals surface area contributed by atoms with Crippen LogP contribution in [0.2, 0.25) is 15.1 Å². The van der Waals surface area contributed by atoms with Gasteiger partial charge in [0.15, 0.2) is 0 Å². The fourth-order valence-electron chi connectivity index (χ4n) is 1.87. The van der Waals surface area contributed by atoms with Crippen LogP contribution in [0.4, 0.5) is 5.69 Å². The van der Waals surface area contributed by atoms with Crippen LogP contribution in [0.3, 0.4) is 0 Å². The molecule has 6 heteroatoms. The Morgan fingerprint density at radius 1 is 0.909 bits per heavy atom. The molecule has 0 saturated heterocycles. The second-order valence-electron chi connectivity index (χ2n) is 4.74. The molecule has 0 radical (unpaired) electrons. The van der Waals surface area contributed by atoms with Gasteiger partial charge < -0.3 is 10.6 Å². The van der Waals surface area contributed by atoms with Crippen molar-refractivity contribution >= 4 is 46.4 Å². The van der Waals surface area contributed by atoms with Crippen molar-refractivity contribution in [3.8, 4) is 0 Å². The van der Waals surface area contributed by atoms with E-state index in [0.717, 1.165) is 11.3 Å². The molecule has 0 atom stereocenters. The van der Waals surface area contributed by atoms with Crippen molar-refractivity contribution in [2.24, 2.45) is 0 Å². The van der Waals surface area contributed by atoms with Crippen LogP contribution in [0.5, 0.6) is 0 Å². The van der Waals surface area contributed by atoms with Gasteiger partial charge in [0.1, 0.15) is 0 Å². The third-order valence-corrected chi connectivity index (χ3v) is 3.64. The Morgan fingerprint density at radius 2 is 1.55 bits per heavy atom. The molecule has 0 unspecified atom stereocenters. The van der Waals surface area contributed by atoms with Crippen molar-refractivity contribution in [1.29, 1.82) is 0 Å². The zero-order valence-electron chi connectivity index (χ0n) is 11.7. The van der Waals surface area contributed by atoms with E-state index in [-0.39, 0.29) is 5.91 Å². The molecule has 116 valence electrons. The highest BCUT2D eigenvalue weighted by atomic mass is 35.5. The number of hydrogen-bond acceptors (Lipinski definition) is 2. The highest BCUT2D eigenvalue weighted by Gasteiger charge is 2.03. The Bertz CT molecular complexity index is 624. The third-order valence-electron chi connectivity index (χ3n) is 2.95. The summed E-state index contributed by atoms with van der Waals surface area (Å²) >= 11 is 17.6. The molecule has 2 rings (SSSR count). The largest absolute Gasteiger partial charge is 0.384 e. The molecule has 0 spiro atoms. The molecular formula is C16H15Cl3N2O. The number of carbonyl (C=O) groups excluding carboxylic acids is 1. The van der Waals surface area contributed by atoms with Crippen LogP contribution in [-0.2, 0) is 11.3 Å². The highest BCUT2D eigenvalue weighted by Crippen LogP contribution is 2.22. The third kappa shape index (κ3) is 5.76. The monoisotopic (exact) mass is 356 g/mol. The van der Waals surface area contributed by atoms with Crippen LogP contribution >= 0.6 is 34.8 Å². The van der Waals surface area contributed by atoms with Crippen molar-refractivity contribution in [1.82, 2.24) is 5.32 Å². The molecular weight excluding hydrogens is 343 g/mol. The van der Waals surface area contributed by atoms with Gasteiger partial charge in [0.2, 0.25) is 5.91 Å². The first-order chi connectivity index (χ1) is 10.5. The first kappa shape index (κ1) is 16.9. The summed E-state index contributed by atoms with van der Waals surface area (Å²) in [5.41, 5.74) is 1.80. The number of rotatable bonds is 6. The van der Waals surface area contributed by atoms with Gasteiger partial charge in [-0.15, -0.1) is 0 Å². The van der Waals surface area contributed by atoms with E-state index in [1.807, 2.05) is 12.1 Å². The van der Waals surface area contributed by atoms with Gasteiger partial charge in [-0.1, -0.05) is 46.9 Å². The lowest BCUT2D eigenvalue weighted by Crippen LogP contribution is -2.24. The number of hydrogen-bond donors (Lipinski definition) is 2. The second-order valence-corrected chi connectivity index (χ2v) is 6.05. The summed E-state index contributed by atoms with van der Waals surface area (Å²) in [5.74, 6) is -0.0319. The minimum Gasteiger partial charge on any atom is -0.384 e. The Balaban J connectivity index is 1.72. The molecule has 2 N–H and O–H groups in total. The van der Waals surface area contributed by atoms with E-state index in [9.17, 15) is 4.79 Å². The van der Waals surface area contributed by atoms with E-state index in [4.69, 9.17) is 34.8 Å². The Hall–Kier alpha value is -1.42. The Morgan fingerprint density at radius 3 is 2.18 bits per heavy atom. The van der Waals surface area contributed by atoms with Crippen molar-refractivity contribution in [2.45, 2.75) is 13.0 Å². The minimum atomic E-state index is -0.0319. The standard InChI is InChI=1S/C16H15Cl3N2O/c17-12-3-1-11(2-4-12)10-21-16(22)5-6-20-15-8-13(18)7-14(19)9-15/h1-4,7-9,20H,5-6,10H2,(H,21,22). The molecule has 0 heterocycles. The van der Waals surface area contributed by atoms with E-state index in [2.05, 4.69) is 10.6 Å². The van der Waals surface area contributed by atoms with E-state index in [1.165, 1.54) is 0 Å². The Labute approximate surface area is 144 Å². The van der Waals surface area contributed by atoms with Crippen LogP contribution in [0.15, 0.2) is 42.5 Å². The van der Waals surface area contributed by atoms with Crippen LogP contribution in [0.25, 0.3) is 0 Å².